The van der Waals surface area contributed by atoms with Crippen molar-refractivity contribution in [2.24, 2.45) is 0 Å². The SMILES string of the molecule is COc1cccc(Cn2ccn3nc(-c4cccs4)cc3c2=O)c1. The van der Waals surface area contributed by atoms with Crippen molar-refractivity contribution in [3.63, 3.8) is 0 Å². The lowest BCUT2D eigenvalue weighted by Crippen LogP contribution is -2.21. The van der Waals surface area contributed by atoms with E-state index in [0.29, 0.717) is 12.1 Å². The molecule has 4 rings (SSSR count). The van der Waals surface area contributed by atoms with Gasteiger partial charge in [0.05, 0.1) is 18.5 Å². The summed E-state index contributed by atoms with van der Waals surface area (Å²) in [4.78, 5) is 13.8. The molecule has 0 saturated carbocycles. The quantitative estimate of drug-likeness (QED) is 0.574. The van der Waals surface area contributed by atoms with Crippen molar-refractivity contribution in [1.82, 2.24) is 14.2 Å². The zero-order chi connectivity index (χ0) is 16.5. The maximum absolute atomic E-state index is 12.7. The molecule has 120 valence electrons. The zero-order valence-electron chi connectivity index (χ0n) is 13.0. The number of benzene rings is 1. The van der Waals surface area contributed by atoms with Crippen LogP contribution in [-0.2, 0) is 6.54 Å². The van der Waals surface area contributed by atoms with Gasteiger partial charge in [0.15, 0.2) is 0 Å². The predicted molar refractivity (Wildman–Crippen MR) is 94.9 cm³/mol. The molecule has 0 radical (unpaired) electrons. The number of thiophene rings is 1. The number of fused-ring (bicyclic) bond motifs is 1. The summed E-state index contributed by atoms with van der Waals surface area (Å²) < 4.78 is 8.56. The predicted octanol–water partition coefficient (Wildman–Crippen LogP) is 3.28. The molecule has 0 fully saturated rings. The van der Waals surface area contributed by atoms with Crippen molar-refractivity contribution in [2.45, 2.75) is 6.54 Å². The molecule has 6 heteroatoms. The van der Waals surface area contributed by atoms with E-state index in [1.807, 2.05) is 54.0 Å². The van der Waals surface area contributed by atoms with E-state index in [9.17, 15) is 4.79 Å². The molecular formula is C18H15N3O2S. The number of methoxy groups -OCH3 is 1. The fourth-order valence-electron chi connectivity index (χ4n) is 2.66. The Morgan fingerprint density at radius 3 is 2.88 bits per heavy atom. The summed E-state index contributed by atoms with van der Waals surface area (Å²) >= 11 is 1.61. The minimum Gasteiger partial charge on any atom is -0.497 e. The molecule has 0 amide bonds. The Bertz CT molecular complexity index is 1050. The minimum absolute atomic E-state index is 0.0596. The standard InChI is InChI=1S/C18H15N3O2S/c1-23-14-5-2-4-13(10-14)12-20-7-8-21-16(18(20)22)11-15(19-21)17-6-3-9-24-17/h2-11H,12H2,1H3. The maximum Gasteiger partial charge on any atom is 0.276 e. The summed E-state index contributed by atoms with van der Waals surface area (Å²) in [6, 6.07) is 13.5. The number of aromatic nitrogens is 3. The van der Waals surface area contributed by atoms with Gasteiger partial charge in [-0.25, -0.2) is 4.52 Å². The van der Waals surface area contributed by atoms with Gasteiger partial charge in [0, 0.05) is 12.4 Å². The van der Waals surface area contributed by atoms with Crippen LogP contribution in [0.3, 0.4) is 0 Å². The fourth-order valence-corrected chi connectivity index (χ4v) is 3.34. The average Bonchev–Trinajstić information content (AvgIpc) is 3.27. The molecule has 3 aromatic heterocycles. The molecule has 3 heterocycles. The second-order valence-electron chi connectivity index (χ2n) is 5.42. The van der Waals surface area contributed by atoms with Crippen molar-refractivity contribution >= 4 is 16.9 Å². The summed E-state index contributed by atoms with van der Waals surface area (Å²) in [7, 11) is 1.63. The first-order valence-corrected chi connectivity index (χ1v) is 8.38. The lowest BCUT2D eigenvalue weighted by atomic mass is 10.2. The van der Waals surface area contributed by atoms with Crippen LogP contribution in [0.15, 0.2) is 65.0 Å². The lowest BCUT2D eigenvalue weighted by Gasteiger charge is -2.07. The Labute approximate surface area is 142 Å². The van der Waals surface area contributed by atoms with Crippen molar-refractivity contribution in [3.8, 4) is 16.3 Å². The van der Waals surface area contributed by atoms with E-state index in [0.717, 1.165) is 21.9 Å². The zero-order valence-corrected chi connectivity index (χ0v) is 13.9. The summed E-state index contributed by atoms with van der Waals surface area (Å²) in [5.41, 5.74) is 2.35. The first kappa shape index (κ1) is 14.7. The molecule has 5 nitrogen and oxygen atoms in total. The van der Waals surface area contributed by atoms with E-state index in [-0.39, 0.29) is 5.56 Å². The topological polar surface area (TPSA) is 48.5 Å². The van der Waals surface area contributed by atoms with Gasteiger partial charge in [-0.3, -0.25) is 4.79 Å². The van der Waals surface area contributed by atoms with Crippen LogP contribution in [0.1, 0.15) is 5.56 Å². The highest BCUT2D eigenvalue weighted by Crippen LogP contribution is 2.23. The van der Waals surface area contributed by atoms with Crippen LogP contribution in [0, 0.1) is 0 Å². The first-order valence-electron chi connectivity index (χ1n) is 7.50. The van der Waals surface area contributed by atoms with Gasteiger partial charge < -0.3 is 9.30 Å². The van der Waals surface area contributed by atoms with Crippen molar-refractivity contribution in [1.29, 1.82) is 0 Å². The number of hydrogen-bond acceptors (Lipinski definition) is 4. The number of ether oxygens (including phenoxy) is 1. The highest BCUT2D eigenvalue weighted by molar-refractivity contribution is 7.13. The van der Waals surface area contributed by atoms with Crippen molar-refractivity contribution in [2.75, 3.05) is 7.11 Å². The molecule has 4 aromatic rings. The number of rotatable bonds is 4. The fraction of sp³-hybridized carbons (Fsp3) is 0.111. The molecule has 0 atom stereocenters. The van der Waals surface area contributed by atoms with Crippen molar-refractivity contribution < 1.29 is 4.74 Å². The summed E-state index contributed by atoms with van der Waals surface area (Å²) in [5, 5.41) is 6.49. The number of hydrogen-bond donors (Lipinski definition) is 0. The van der Waals surface area contributed by atoms with E-state index in [2.05, 4.69) is 5.10 Å². The Morgan fingerprint density at radius 2 is 2.08 bits per heavy atom. The highest BCUT2D eigenvalue weighted by atomic mass is 32.1. The average molecular weight is 337 g/mol. The molecule has 0 bridgehead atoms. The van der Waals surface area contributed by atoms with Gasteiger partial charge in [0.1, 0.15) is 17.0 Å². The van der Waals surface area contributed by atoms with Crippen LogP contribution in [0.2, 0.25) is 0 Å². The smallest absolute Gasteiger partial charge is 0.276 e. The molecule has 1 aromatic carbocycles. The largest absolute Gasteiger partial charge is 0.497 e. The van der Waals surface area contributed by atoms with Gasteiger partial charge in [0.25, 0.3) is 5.56 Å². The van der Waals surface area contributed by atoms with Crippen LogP contribution >= 0.6 is 11.3 Å². The normalized spacial score (nSPS) is 11.0. The monoisotopic (exact) mass is 337 g/mol. The van der Waals surface area contributed by atoms with E-state index in [1.165, 1.54) is 0 Å². The molecule has 24 heavy (non-hydrogen) atoms. The van der Waals surface area contributed by atoms with Crippen molar-refractivity contribution in [3.05, 3.63) is 76.2 Å². The van der Waals surface area contributed by atoms with Gasteiger partial charge in [-0.2, -0.15) is 5.10 Å². The van der Waals surface area contributed by atoms with E-state index >= 15 is 0 Å². The second-order valence-corrected chi connectivity index (χ2v) is 6.37. The van der Waals surface area contributed by atoms with Gasteiger partial charge >= 0.3 is 0 Å². The van der Waals surface area contributed by atoms with Crippen LogP contribution in [0.5, 0.6) is 5.75 Å². The summed E-state index contributed by atoms with van der Waals surface area (Å²) in [5.74, 6) is 0.783. The van der Waals surface area contributed by atoms with Crippen LogP contribution in [0.25, 0.3) is 16.1 Å². The number of nitrogens with zero attached hydrogens (tertiary/aromatic N) is 3. The summed E-state index contributed by atoms with van der Waals surface area (Å²) in [6.45, 7) is 0.492. The van der Waals surface area contributed by atoms with E-state index < -0.39 is 0 Å². The maximum atomic E-state index is 12.7. The second kappa shape index (κ2) is 5.98. The molecule has 0 aliphatic heterocycles. The third-order valence-electron chi connectivity index (χ3n) is 3.86. The molecular weight excluding hydrogens is 322 g/mol. The van der Waals surface area contributed by atoms with E-state index in [4.69, 9.17) is 4.74 Å². The first-order chi connectivity index (χ1) is 11.7. The lowest BCUT2D eigenvalue weighted by molar-refractivity contribution is 0.414. The van der Waals surface area contributed by atoms with E-state index in [1.54, 1.807) is 33.7 Å². The van der Waals surface area contributed by atoms with Gasteiger partial charge in [-0.1, -0.05) is 18.2 Å². The Balaban J connectivity index is 1.74. The highest BCUT2D eigenvalue weighted by Gasteiger charge is 2.10. The minimum atomic E-state index is -0.0596. The Morgan fingerprint density at radius 1 is 1.17 bits per heavy atom. The molecule has 0 saturated heterocycles. The van der Waals surface area contributed by atoms with Gasteiger partial charge in [-0.15, -0.1) is 11.3 Å². The molecule has 0 spiro atoms. The van der Waals surface area contributed by atoms with Gasteiger partial charge in [-0.05, 0) is 35.2 Å². The van der Waals surface area contributed by atoms with Crippen LogP contribution in [-0.4, -0.2) is 21.3 Å². The molecule has 0 aliphatic carbocycles. The molecule has 0 unspecified atom stereocenters. The van der Waals surface area contributed by atoms with Crippen LogP contribution in [0.4, 0.5) is 0 Å². The van der Waals surface area contributed by atoms with Gasteiger partial charge in [0.2, 0.25) is 0 Å². The summed E-state index contributed by atoms with van der Waals surface area (Å²) in [6.07, 6.45) is 3.58. The molecule has 0 aliphatic rings. The third kappa shape index (κ3) is 2.61. The molecule has 0 N–H and O–H groups in total. The Kier molecular flexibility index (Phi) is 3.66. The third-order valence-corrected chi connectivity index (χ3v) is 4.76. The van der Waals surface area contributed by atoms with Crippen LogP contribution < -0.4 is 10.3 Å². The Hall–Kier alpha value is -2.86.